The van der Waals surface area contributed by atoms with Gasteiger partial charge >= 0.3 is 0 Å². The number of methoxy groups -OCH3 is 1. The lowest BCUT2D eigenvalue weighted by molar-refractivity contribution is -0.123. The Kier molecular flexibility index (Phi) is 6.46. The molecule has 5 nitrogen and oxygen atoms in total. The third-order valence-corrected chi connectivity index (χ3v) is 5.41. The molecule has 1 saturated heterocycles. The molecule has 0 N–H and O–H groups in total. The largest absolute Gasteiger partial charge is 0.493 e. The number of hydrogen-bond donors (Lipinski definition) is 0. The van der Waals surface area contributed by atoms with Crippen LogP contribution in [0.4, 0.5) is 4.79 Å². The summed E-state index contributed by atoms with van der Waals surface area (Å²) in [6.07, 6.45) is 1.73. The number of carbonyl (C=O) groups excluding carboxylic acids is 2. The van der Waals surface area contributed by atoms with Crippen LogP contribution in [0, 0.1) is 0 Å². The molecule has 0 aromatic heterocycles. The van der Waals surface area contributed by atoms with Crippen molar-refractivity contribution in [3.8, 4) is 11.5 Å². The minimum absolute atomic E-state index is 0.0230. The molecule has 1 fully saturated rings. The lowest BCUT2D eigenvalue weighted by atomic mass is 10.1. The molecule has 0 saturated carbocycles. The first-order valence-electron chi connectivity index (χ1n) is 8.72. The van der Waals surface area contributed by atoms with Crippen LogP contribution in [0.3, 0.4) is 0 Å². The van der Waals surface area contributed by atoms with E-state index < -0.39 is 0 Å². The summed E-state index contributed by atoms with van der Waals surface area (Å²) in [5.74, 6) is 0.925. The number of amides is 2. The van der Waals surface area contributed by atoms with Gasteiger partial charge in [0.2, 0.25) is 0 Å². The maximum atomic E-state index is 12.7. The normalized spacial score (nSPS) is 15.6. The monoisotopic (exact) mass is 461 g/mol. The molecular weight excluding hydrogens is 442 g/mol. The molecule has 3 rings (SSSR count). The summed E-state index contributed by atoms with van der Waals surface area (Å²) in [6.45, 7) is 4.13. The summed E-state index contributed by atoms with van der Waals surface area (Å²) in [5.41, 5.74) is 1.66. The topological polar surface area (TPSA) is 55.8 Å². The van der Waals surface area contributed by atoms with E-state index in [0.717, 1.165) is 27.4 Å². The molecule has 2 amide bonds. The first-order chi connectivity index (χ1) is 13.4. The van der Waals surface area contributed by atoms with Crippen LogP contribution in [-0.4, -0.2) is 29.3 Å². The minimum Gasteiger partial charge on any atom is -0.493 e. The number of carbonyl (C=O) groups is 2. The summed E-state index contributed by atoms with van der Waals surface area (Å²) >= 11 is 4.32. The predicted octanol–water partition coefficient (Wildman–Crippen LogP) is 5.48. The number of rotatable bonds is 6. The molecule has 0 atom stereocenters. The third kappa shape index (κ3) is 4.77. The summed E-state index contributed by atoms with van der Waals surface area (Å²) in [6, 6.07) is 13.0. The van der Waals surface area contributed by atoms with E-state index in [0.29, 0.717) is 16.4 Å². The highest BCUT2D eigenvalue weighted by atomic mass is 79.9. The van der Waals surface area contributed by atoms with Gasteiger partial charge in [-0.15, -0.1) is 0 Å². The van der Waals surface area contributed by atoms with Gasteiger partial charge in [0.1, 0.15) is 0 Å². The van der Waals surface area contributed by atoms with Crippen molar-refractivity contribution in [3.63, 3.8) is 0 Å². The fraction of sp³-hybridized carbons (Fsp3) is 0.238. The number of nitrogens with zero attached hydrogens (tertiary/aromatic N) is 1. The Balaban J connectivity index is 1.80. The van der Waals surface area contributed by atoms with E-state index in [2.05, 4.69) is 15.9 Å². The van der Waals surface area contributed by atoms with Crippen molar-refractivity contribution in [2.45, 2.75) is 26.5 Å². The van der Waals surface area contributed by atoms with Crippen LogP contribution in [0.2, 0.25) is 0 Å². The molecule has 1 heterocycles. The van der Waals surface area contributed by atoms with E-state index >= 15 is 0 Å². The van der Waals surface area contributed by atoms with E-state index in [4.69, 9.17) is 9.47 Å². The molecule has 1 aliphatic heterocycles. The van der Waals surface area contributed by atoms with Crippen molar-refractivity contribution in [1.29, 1.82) is 0 Å². The highest BCUT2D eigenvalue weighted by molar-refractivity contribution is 9.10. The Bertz CT molecular complexity index is 925. The molecule has 2 aromatic carbocycles. The first-order valence-corrected chi connectivity index (χ1v) is 10.3. The second-order valence-electron chi connectivity index (χ2n) is 6.47. The highest BCUT2D eigenvalue weighted by Gasteiger charge is 2.35. The highest BCUT2D eigenvalue weighted by Crippen LogP contribution is 2.35. The van der Waals surface area contributed by atoms with Gasteiger partial charge in [-0.05, 0) is 67.1 Å². The van der Waals surface area contributed by atoms with Crippen LogP contribution < -0.4 is 9.47 Å². The van der Waals surface area contributed by atoms with Crippen LogP contribution in [0.1, 0.15) is 25.0 Å². The van der Waals surface area contributed by atoms with Gasteiger partial charge < -0.3 is 9.47 Å². The Hall–Kier alpha value is -2.25. The Morgan fingerprint density at radius 1 is 1.11 bits per heavy atom. The van der Waals surface area contributed by atoms with E-state index in [1.54, 1.807) is 25.3 Å². The van der Waals surface area contributed by atoms with Crippen LogP contribution in [0.15, 0.2) is 51.8 Å². The van der Waals surface area contributed by atoms with Crippen molar-refractivity contribution >= 4 is 44.9 Å². The van der Waals surface area contributed by atoms with E-state index in [1.165, 1.54) is 4.90 Å². The fourth-order valence-electron chi connectivity index (χ4n) is 2.69. The average Bonchev–Trinajstić information content (AvgIpc) is 2.91. The predicted molar refractivity (Wildman–Crippen MR) is 114 cm³/mol. The van der Waals surface area contributed by atoms with Gasteiger partial charge in [0.05, 0.1) is 24.7 Å². The lowest BCUT2D eigenvalue weighted by Gasteiger charge is -2.14. The Morgan fingerprint density at radius 3 is 2.46 bits per heavy atom. The van der Waals surface area contributed by atoms with Crippen LogP contribution in [0.25, 0.3) is 6.08 Å². The zero-order chi connectivity index (χ0) is 20.3. The average molecular weight is 462 g/mol. The van der Waals surface area contributed by atoms with Crippen molar-refractivity contribution in [3.05, 3.63) is 63.0 Å². The van der Waals surface area contributed by atoms with E-state index in [9.17, 15) is 9.59 Å². The lowest BCUT2D eigenvalue weighted by Crippen LogP contribution is -2.27. The second-order valence-corrected chi connectivity index (χ2v) is 8.38. The molecule has 2 aromatic rings. The smallest absolute Gasteiger partial charge is 0.293 e. The molecule has 0 bridgehead atoms. The molecule has 28 heavy (non-hydrogen) atoms. The number of hydrogen-bond acceptors (Lipinski definition) is 5. The maximum Gasteiger partial charge on any atom is 0.293 e. The van der Waals surface area contributed by atoms with Gasteiger partial charge in [-0.25, -0.2) is 0 Å². The Labute approximate surface area is 176 Å². The fourth-order valence-corrected chi connectivity index (χ4v) is 3.79. The van der Waals surface area contributed by atoms with E-state index in [1.807, 2.05) is 44.2 Å². The zero-order valence-corrected chi connectivity index (χ0v) is 18.2. The molecule has 0 aliphatic carbocycles. The molecule has 7 heteroatoms. The minimum atomic E-state index is -0.292. The van der Waals surface area contributed by atoms with Gasteiger partial charge in [-0.3, -0.25) is 14.5 Å². The number of halogens is 1. The number of ether oxygens (including phenoxy) is 2. The molecule has 0 unspecified atom stereocenters. The van der Waals surface area contributed by atoms with Crippen molar-refractivity contribution < 1.29 is 19.1 Å². The molecule has 1 aliphatic rings. The molecule has 0 radical (unpaired) electrons. The summed E-state index contributed by atoms with van der Waals surface area (Å²) < 4.78 is 12.0. The molecule has 146 valence electrons. The van der Waals surface area contributed by atoms with Gasteiger partial charge in [-0.1, -0.05) is 34.1 Å². The second kappa shape index (κ2) is 8.84. The van der Waals surface area contributed by atoms with Gasteiger partial charge in [-0.2, -0.15) is 0 Å². The molecular formula is C21H20BrNO4S. The van der Waals surface area contributed by atoms with Gasteiger partial charge in [0, 0.05) is 4.47 Å². The van der Waals surface area contributed by atoms with E-state index in [-0.39, 0.29) is 23.8 Å². The third-order valence-electron chi connectivity index (χ3n) is 3.98. The quantitative estimate of drug-likeness (QED) is 0.532. The number of benzene rings is 2. The van der Waals surface area contributed by atoms with Crippen LogP contribution in [-0.2, 0) is 11.3 Å². The van der Waals surface area contributed by atoms with Crippen LogP contribution >= 0.6 is 27.7 Å². The van der Waals surface area contributed by atoms with Crippen molar-refractivity contribution in [1.82, 2.24) is 4.90 Å². The van der Waals surface area contributed by atoms with Gasteiger partial charge in [0.25, 0.3) is 11.1 Å². The van der Waals surface area contributed by atoms with Gasteiger partial charge in [0.15, 0.2) is 11.5 Å². The summed E-state index contributed by atoms with van der Waals surface area (Å²) in [4.78, 5) is 26.7. The van der Waals surface area contributed by atoms with Crippen molar-refractivity contribution in [2.24, 2.45) is 0 Å². The summed E-state index contributed by atoms with van der Waals surface area (Å²) in [7, 11) is 1.57. The maximum absolute atomic E-state index is 12.7. The zero-order valence-electron chi connectivity index (χ0n) is 15.8. The SMILES string of the molecule is COc1cc(/C=C2\SC(=O)N(Cc3ccc(Br)cc3)C2=O)ccc1OC(C)C. The number of thioether (sulfide) groups is 1. The summed E-state index contributed by atoms with van der Waals surface area (Å²) in [5, 5.41) is -0.272. The van der Waals surface area contributed by atoms with Crippen molar-refractivity contribution in [2.75, 3.05) is 7.11 Å². The Morgan fingerprint density at radius 2 is 1.82 bits per heavy atom. The molecule has 0 spiro atoms. The number of imide groups is 1. The first kappa shape index (κ1) is 20.5. The standard InChI is InChI=1S/C21H20BrNO4S/c1-13(2)27-17-9-6-15(10-18(17)26-3)11-19-20(24)23(21(25)28-19)12-14-4-7-16(22)8-5-14/h4-11,13H,12H2,1-3H3/b19-11-. The van der Waals surface area contributed by atoms with Crippen LogP contribution in [0.5, 0.6) is 11.5 Å².